The normalized spacial score (nSPS) is 10.6. The summed E-state index contributed by atoms with van der Waals surface area (Å²) in [5, 5.41) is 2.61. The van der Waals surface area contributed by atoms with Crippen molar-refractivity contribution in [3.05, 3.63) is 0 Å². The molecule has 0 aliphatic rings. The molecule has 0 bridgehead atoms. The van der Waals surface area contributed by atoms with Gasteiger partial charge in [0.05, 0.1) is 6.61 Å². The molecule has 0 aromatic rings. The van der Waals surface area contributed by atoms with Gasteiger partial charge in [-0.2, -0.15) is 0 Å². The van der Waals surface area contributed by atoms with Gasteiger partial charge >= 0.3 is 6.09 Å². The number of alkyl carbamates (subject to hydrolysis) is 1. The fourth-order valence-corrected chi connectivity index (χ4v) is 2.09. The molecule has 0 aliphatic heterocycles. The van der Waals surface area contributed by atoms with Crippen molar-refractivity contribution in [3.8, 4) is 0 Å². The lowest BCUT2D eigenvalue weighted by molar-refractivity contribution is 0.0927. The lowest BCUT2D eigenvalue weighted by atomic mass is 10.1. The Balaban J connectivity index is 3.13. The molecule has 0 aromatic heterocycles. The Morgan fingerprint density at radius 1 is 0.762 bits per heavy atom. The van der Waals surface area contributed by atoms with E-state index in [1.807, 2.05) is 0 Å². The number of amides is 1. The summed E-state index contributed by atoms with van der Waals surface area (Å²) in [6.07, 6.45) is 12.9. The van der Waals surface area contributed by atoms with Crippen LogP contribution in [0.1, 0.15) is 84.5 Å². The maximum absolute atomic E-state index is 11.3. The maximum atomic E-state index is 11.3. The molecule has 0 saturated heterocycles. The van der Waals surface area contributed by atoms with Crippen LogP contribution < -0.4 is 5.32 Å². The van der Waals surface area contributed by atoms with Crippen LogP contribution in [0.2, 0.25) is 0 Å². The molecule has 0 heterocycles. The van der Waals surface area contributed by atoms with Crippen molar-refractivity contribution in [2.24, 2.45) is 0 Å². The van der Waals surface area contributed by atoms with Gasteiger partial charge < -0.3 is 9.47 Å². The molecule has 0 radical (unpaired) electrons. The number of nitrogens with one attached hydrogen (secondary N) is 1. The van der Waals surface area contributed by atoms with Crippen LogP contribution in [0, 0.1) is 0 Å². The predicted molar refractivity (Wildman–Crippen MR) is 87.4 cm³/mol. The molecule has 21 heavy (non-hydrogen) atoms. The Hall–Kier alpha value is -0.770. The van der Waals surface area contributed by atoms with Crippen LogP contribution in [-0.4, -0.2) is 26.0 Å². The Labute approximate surface area is 131 Å². The zero-order valence-corrected chi connectivity index (χ0v) is 14.1. The zero-order valence-electron chi connectivity index (χ0n) is 14.1. The Morgan fingerprint density at radius 2 is 1.29 bits per heavy atom. The first-order valence-electron chi connectivity index (χ1n) is 8.79. The predicted octanol–water partition coefficient (Wildman–Crippen LogP) is 5.02. The first-order valence-corrected chi connectivity index (χ1v) is 8.79. The third-order valence-electron chi connectivity index (χ3n) is 3.44. The van der Waals surface area contributed by atoms with Gasteiger partial charge in [-0.3, -0.25) is 5.32 Å². The second-order valence-corrected chi connectivity index (χ2v) is 5.55. The average Bonchev–Trinajstić information content (AvgIpc) is 2.49. The molecular weight excluding hydrogens is 266 g/mol. The number of unbranched alkanes of at least 4 members (excludes halogenated alkanes) is 9. The van der Waals surface area contributed by atoms with Gasteiger partial charge in [-0.25, -0.2) is 4.79 Å². The van der Waals surface area contributed by atoms with E-state index >= 15 is 0 Å². The van der Waals surface area contributed by atoms with Crippen LogP contribution in [0.4, 0.5) is 4.79 Å². The number of hydrogen-bond donors (Lipinski definition) is 1. The number of carbonyl (C=O) groups excluding carboxylic acids is 1. The third kappa shape index (κ3) is 17.2. The summed E-state index contributed by atoms with van der Waals surface area (Å²) in [4.78, 5) is 11.3. The Morgan fingerprint density at radius 3 is 1.95 bits per heavy atom. The molecule has 0 rings (SSSR count). The average molecular weight is 301 g/mol. The first kappa shape index (κ1) is 20.2. The van der Waals surface area contributed by atoms with E-state index in [9.17, 15) is 4.79 Å². The van der Waals surface area contributed by atoms with E-state index in [1.165, 1.54) is 51.4 Å². The highest BCUT2D eigenvalue weighted by atomic mass is 16.6. The molecule has 0 aromatic carbocycles. The van der Waals surface area contributed by atoms with Gasteiger partial charge in [0.1, 0.15) is 6.73 Å². The van der Waals surface area contributed by atoms with Crippen LogP contribution in [0.3, 0.4) is 0 Å². The van der Waals surface area contributed by atoms with Crippen molar-refractivity contribution in [1.82, 2.24) is 5.32 Å². The Kier molecular flexibility index (Phi) is 16.6. The number of ether oxygens (including phenoxy) is 2. The minimum atomic E-state index is -0.366. The Bertz CT molecular complexity index is 222. The molecule has 1 amide bonds. The van der Waals surface area contributed by atoms with E-state index < -0.39 is 0 Å². The van der Waals surface area contributed by atoms with Gasteiger partial charge in [0.15, 0.2) is 0 Å². The number of hydrogen-bond acceptors (Lipinski definition) is 3. The first-order chi connectivity index (χ1) is 10.3. The fourth-order valence-electron chi connectivity index (χ4n) is 2.09. The number of rotatable bonds is 15. The van der Waals surface area contributed by atoms with Crippen LogP contribution in [0.25, 0.3) is 0 Å². The van der Waals surface area contributed by atoms with Crippen molar-refractivity contribution < 1.29 is 14.3 Å². The standard InChI is InChI=1S/C17H35NO3/c1-3-5-7-9-10-11-13-15-21-17(19)18-16-20-14-12-8-6-4-2/h3-16H2,1-2H3,(H,18,19). The van der Waals surface area contributed by atoms with Crippen LogP contribution in [0.5, 0.6) is 0 Å². The molecular formula is C17H35NO3. The van der Waals surface area contributed by atoms with Gasteiger partial charge in [-0.15, -0.1) is 0 Å². The lowest BCUT2D eigenvalue weighted by Gasteiger charge is -2.07. The fraction of sp³-hybridized carbons (Fsp3) is 0.941. The summed E-state index contributed by atoms with van der Waals surface area (Å²) >= 11 is 0. The zero-order chi connectivity index (χ0) is 15.6. The van der Waals surface area contributed by atoms with E-state index in [0.29, 0.717) is 13.2 Å². The van der Waals surface area contributed by atoms with Gasteiger partial charge in [0.25, 0.3) is 0 Å². The van der Waals surface area contributed by atoms with Gasteiger partial charge in [-0.1, -0.05) is 71.6 Å². The summed E-state index contributed by atoms with van der Waals surface area (Å²) in [7, 11) is 0. The van der Waals surface area contributed by atoms with Crippen molar-refractivity contribution >= 4 is 6.09 Å². The van der Waals surface area contributed by atoms with Crippen molar-refractivity contribution in [1.29, 1.82) is 0 Å². The molecule has 0 aliphatic carbocycles. The monoisotopic (exact) mass is 301 g/mol. The highest BCUT2D eigenvalue weighted by Crippen LogP contribution is 2.06. The minimum Gasteiger partial charge on any atom is -0.450 e. The molecule has 4 heteroatoms. The van der Waals surface area contributed by atoms with Crippen molar-refractivity contribution in [2.75, 3.05) is 19.9 Å². The second-order valence-electron chi connectivity index (χ2n) is 5.55. The quantitative estimate of drug-likeness (QED) is 0.341. The number of carbonyl (C=O) groups is 1. The maximum Gasteiger partial charge on any atom is 0.408 e. The van der Waals surface area contributed by atoms with Crippen molar-refractivity contribution in [3.63, 3.8) is 0 Å². The molecule has 0 atom stereocenters. The van der Waals surface area contributed by atoms with Gasteiger partial charge in [0, 0.05) is 6.61 Å². The van der Waals surface area contributed by atoms with E-state index in [2.05, 4.69) is 19.2 Å². The molecule has 0 unspecified atom stereocenters. The summed E-state index contributed by atoms with van der Waals surface area (Å²) in [5.41, 5.74) is 0. The van der Waals surface area contributed by atoms with Gasteiger partial charge in [-0.05, 0) is 12.8 Å². The summed E-state index contributed by atoms with van der Waals surface area (Å²) < 4.78 is 10.4. The molecule has 0 saturated carbocycles. The molecule has 0 spiro atoms. The lowest BCUT2D eigenvalue weighted by Crippen LogP contribution is -2.27. The topological polar surface area (TPSA) is 47.6 Å². The van der Waals surface area contributed by atoms with E-state index in [1.54, 1.807) is 0 Å². The van der Waals surface area contributed by atoms with Crippen LogP contribution >= 0.6 is 0 Å². The second kappa shape index (κ2) is 17.3. The highest BCUT2D eigenvalue weighted by Gasteiger charge is 2.00. The third-order valence-corrected chi connectivity index (χ3v) is 3.44. The van der Waals surface area contributed by atoms with Crippen LogP contribution in [0.15, 0.2) is 0 Å². The summed E-state index contributed by atoms with van der Waals surface area (Å²) in [5.74, 6) is 0. The van der Waals surface area contributed by atoms with Crippen molar-refractivity contribution in [2.45, 2.75) is 84.5 Å². The van der Waals surface area contributed by atoms with Crippen LogP contribution in [-0.2, 0) is 9.47 Å². The van der Waals surface area contributed by atoms with E-state index in [4.69, 9.17) is 9.47 Å². The minimum absolute atomic E-state index is 0.252. The molecule has 4 nitrogen and oxygen atoms in total. The van der Waals surface area contributed by atoms with Gasteiger partial charge in [0.2, 0.25) is 0 Å². The summed E-state index contributed by atoms with van der Waals surface area (Å²) in [6, 6.07) is 0. The van der Waals surface area contributed by atoms with E-state index in [-0.39, 0.29) is 12.8 Å². The largest absolute Gasteiger partial charge is 0.450 e. The molecule has 0 fully saturated rings. The molecule has 126 valence electrons. The molecule has 1 N–H and O–H groups in total. The summed E-state index contributed by atoms with van der Waals surface area (Å²) in [6.45, 7) is 5.88. The van der Waals surface area contributed by atoms with E-state index in [0.717, 1.165) is 19.3 Å². The smallest absolute Gasteiger partial charge is 0.408 e. The highest BCUT2D eigenvalue weighted by molar-refractivity contribution is 5.66. The SMILES string of the molecule is CCCCCCCCCOC(=O)NCOCCCCCC.